The van der Waals surface area contributed by atoms with E-state index < -0.39 is 11.7 Å². The Hall–Kier alpha value is -4.21. The maximum Gasteiger partial charge on any atom is 0.416 e. The summed E-state index contributed by atoms with van der Waals surface area (Å²) >= 11 is 0. The van der Waals surface area contributed by atoms with Crippen LogP contribution in [0.25, 0.3) is 22.4 Å². The molecule has 0 spiro atoms. The Bertz CT molecular complexity index is 1470. The highest BCUT2D eigenvalue weighted by Gasteiger charge is 2.30. The molecule has 0 aliphatic rings. The second-order valence-electron chi connectivity index (χ2n) is 7.15. The van der Waals surface area contributed by atoms with Crippen molar-refractivity contribution < 1.29 is 13.2 Å². The summed E-state index contributed by atoms with van der Waals surface area (Å²) in [6.45, 7) is 0.239. The minimum absolute atomic E-state index is 0.170. The molecule has 0 unspecified atom stereocenters. The Labute approximate surface area is 179 Å². The Balaban J connectivity index is 1.48. The van der Waals surface area contributed by atoms with Crippen molar-refractivity contribution in [2.45, 2.75) is 12.7 Å². The molecule has 7 nitrogen and oxygen atoms in total. The lowest BCUT2D eigenvalue weighted by Crippen LogP contribution is -2.21. The molecule has 10 heteroatoms. The van der Waals surface area contributed by atoms with Gasteiger partial charge in [0.25, 0.3) is 5.56 Å². The smallest absolute Gasteiger partial charge is 0.294 e. The van der Waals surface area contributed by atoms with Crippen LogP contribution < -0.4 is 5.56 Å². The fourth-order valence-electron chi connectivity index (χ4n) is 3.42. The van der Waals surface area contributed by atoms with Crippen LogP contribution in [0.3, 0.4) is 0 Å². The van der Waals surface area contributed by atoms with E-state index in [2.05, 4.69) is 15.2 Å². The molecular weight excluding hydrogens is 421 g/mol. The van der Waals surface area contributed by atoms with Crippen molar-refractivity contribution in [2.75, 3.05) is 0 Å². The van der Waals surface area contributed by atoms with E-state index in [-0.39, 0.29) is 28.8 Å². The van der Waals surface area contributed by atoms with Crippen molar-refractivity contribution in [1.82, 2.24) is 29.1 Å². The van der Waals surface area contributed by atoms with Gasteiger partial charge in [0.15, 0.2) is 5.65 Å². The molecule has 3 aromatic heterocycles. The minimum atomic E-state index is -4.48. The standard InChI is InChI=1S/C22H15F3N6O/c23-22(24,25)16-5-4-8-18(9-16)31-20-19(11-28-31)21(32)29(14-26-20)12-15-10-27-30(13-15)17-6-2-1-3-7-17/h1-11,13-14H,12H2. The number of nitrogens with zero attached hydrogens (tertiary/aromatic N) is 6. The van der Waals surface area contributed by atoms with Gasteiger partial charge in [-0.05, 0) is 30.3 Å². The van der Waals surface area contributed by atoms with Gasteiger partial charge in [-0.1, -0.05) is 24.3 Å². The molecule has 5 rings (SSSR count). The number of para-hydroxylation sites is 1. The van der Waals surface area contributed by atoms with Gasteiger partial charge >= 0.3 is 6.18 Å². The first-order chi connectivity index (χ1) is 15.4. The average Bonchev–Trinajstić information content (AvgIpc) is 3.43. The maximum atomic E-state index is 13.1. The zero-order valence-electron chi connectivity index (χ0n) is 16.4. The predicted molar refractivity (Wildman–Crippen MR) is 111 cm³/mol. The number of aromatic nitrogens is 6. The van der Waals surface area contributed by atoms with Crippen LogP contribution in [0, 0.1) is 0 Å². The van der Waals surface area contributed by atoms with Gasteiger partial charge < -0.3 is 0 Å². The van der Waals surface area contributed by atoms with Gasteiger partial charge in [-0.25, -0.2) is 14.3 Å². The molecule has 0 atom stereocenters. The number of rotatable bonds is 4. The minimum Gasteiger partial charge on any atom is -0.294 e. The van der Waals surface area contributed by atoms with Crippen LogP contribution in [0.5, 0.6) is 0 Å². The molecule has 0 amide bonds. The first kappa shape index (κ1) is 19.7. The largest absolute Gasteiger partial charge is 0.416 e. The Morgan fingerprint density at radius 1 is 0.906 bits per heavy atom. The third kappa shape index (κ3) is 3.55. The van der Waals surface area contributed by atoms with E-state index in [0.29, 0.717) is 0 Å². The topological polar surface area (TPSA) is 70.5 Å². The van der Waals surface area contributed by atoms with Crippen molar-refractivity contribution in [2.24, 2.45) is 0 Å². The third-order valence-electron chi connectivity index (χ3n) is 4.98. The van der Waals surface area contributed by atoms with Gasteiger partial charge in [0.1, 0.15) is 11.7 Å². The Kier molecular flexibility index (Phi) is 4.62. The lowest BCUT2D eigenvalue weighted by Gasteiger charge is -2.09. The average molecular weight is 436 g/mol. The molecule has 5 aromatic rings. The number of halogens is 3. The summed E-state index contributed by atoms with van der Waals surface area (Å²) in [5.41, 5.74) is 0.890. The van der Waals surface area contributed by atoms with Crippen LogP contribution in [0.1, 0.15) is 11.1 Å². The van der Waals surface area contributed by atoms with Gasteiger partial charge in [-0.2, -0.15) is 23.4 Å². The first-order valence-electron chi connectivity index (χ1n) is 9.60. The van der Waals surface area contributed by atoms with Crippen LogP contribution in [-0.4, -0.2) is 29.1 Å². The van der Waals surface area contributed by atoms with Crippen molar-refractivity contribution in [1.29, 1.82) is 0 Å². The summed E-state index contributed by atoms with van der Waals surface area (Å²) in [6, 6.07) is 14.3. The summed E-state index contributed by atoms with van der Waals surface area (Å²) in [7, 11) is 0. The molecule has 3 heterocycles. The zero-order valence-corrected chi connectivity index (χ0v) is 16.4. The number of hydrogen-bond acceptors (Lipinski definition) is 4. The van der Waals surface area contributed by atoms with E-state index in [4.69, 9.17) is 0 Å². The van der Waals surface area contributed by atoms with E-state index in [9.17, 15) is 18.0 Å². The van der Waals surface area contributed by atoms with Crippen LogP contribution >= 0.6 is 0 Å². The highest BCUT2D eigenvalue weighted by molar-refractivity contribution is 5.75. The number of alkyl halides is 3. The van der Waals surface area contributed by atoms with Gasteiger partial charge in [0.2, 0.25) is 0 Å². The van der Waals surface area contributed by atoms with Crippen molar-refractivity contribution >= 4 is 11.0 Å². The molecule has 0 bridgehead atoms. The van der Waals surface area contributed by atoms with E-state index in [1.165, 1.54) is 33.9 Å². The molecular formula is C22H15F3N6O. The van der Waals surface area contributed by atoms with Crippen molar-refractivity contribution in [3.8, 4) is 11.4 Å². The van der Waals surface area contributed by atoms with Gasteiger partial charge in [-0.3, -0.25) is 9.36 Å². The first-order valence-corrected chi connectivity index (χ1v) is 9.60. The van der Waals surface area contributed by atoms with E-state index in [0.717, 1.165) is 23.4 Å². The Morgan fingerprint density at radius 3 is 2.47 bits per heavy atom. The fourth-order valence-corrected chi connectivity index (χ4v) is 3.42. The predicted octanol–water partition coefficient (Wildman–Crippen LogP) is 3.84. The molecule has 0 aliphatic carbocycles. The summed E-state index contributed by atoms with van der Waals surface area (Å²) in [6.07, 6.45) is 1.67. The SMILES string of the molecule is O=c1c2cnn(-c3cccc(C(F)(F)F)c3)c2ncn1Cc1cnn(-c2ccccc2)c1. The molecule has 0 saturated carbocycles. The van der Waals surface area contributed by atoms with E-state index in [1.807, 2.05) is 36.5 Å². The van der Waals surface area contributed by atoms with Crippen LogP contribution in [-0.2, 0) is 12.7 Å². The van der Waals surface area contributed by atoms with E-state index >= 15 is 0 Å². The molecule has 0 aliphatic heterocycles. The molecule has 0 N–H and O–H groups in total. The molecule has 0 radical (unpaired) electrons. The summed E-state index contributed by atoms with van der Waals surface area (Å²) in [5.74, 6) is 0. The Morgan fingerprint density at radius 2 is 1.69 bits per heavy atom. The molecule has 0 saturated heterocycles. The molecule has 0 fully saturated rings. The second kappa shape index (κ2) is 7.49. The van der Waals surface area contributed by atoms with Gasteiger partial charge in [-0.15, -0.1) is 0 Å². The highest BCUT2D eigenvalue weighted by atomic mass is 19.4. The lowest BCUT2D eigenvalue weighted by atomic mass is 10.2. The normalized spacial score (nSPS) is 11.8. The number of hydrogen-bond donors (Lipinski definition) is 0. The number of fused-ring (bicyclic) bond motifs is 1. The van der Waals surface area contributed by atoms with Gasteiger partial charge in [0.05, 0.1) is 35.9 Å². The second-order valence-corrected chi connectivity index (χ2v) is 7.15. The van der Waals surface area contributed by atoms with Crippen LogP contribution in [0.4, 0.5) is 13.2 Å². The quantitative estimate of drug-likeness (QED) is 0.429. The fraction of sp³-hybridized carbons (Fsp3) is 0.0909. The lowest BCUT2D eigenvalue weighted by molar-refractivity contribution is -0.137. The van der Waals surface area contributed by atoms with Crippen molar-refractivity contribution in [3.05, 3.63) is 101 Å². The maximum absolute atomic E-state index is 13.1. The monoisotopic (exact) mass is 436 g/mol. The van der Waals surface area contributed by atoms with Crippen molar-refractivity contribution in [3.63, 3.8) is 0 Å². The number of benzene rings is 2. The van der Waals surface area contributed by atoms with E-state index in [1.54, 1.807) is 10.9 Å². The van der Waals surface area contributed by atoms with Gasteiger partial charge in [0, 0.05) is 11.8 Å². The summed E-state index contributed by atoms with van der Waals surface area (Å²) < 4.78 is 43.5. The summed E-state index contributed by atoms with van der Waals surface area (Å²) in [4.78, 5) is 17.2. The summed E-state index contributed by atoms with van der Waals surface area (Å²) in [5, 5.41) is 8.63. The molecule has 32 heavy (non-hydrogen) atoms. The van der Waals surface area contributed by atoms with Crippen LogP contribution in [0.2, 0.25) is 0 Å². The zero-order chi connectivity index (χ0) is 22.3. The van der Waals surface area contributed by atoms with Crippen LogP contribution in [0.15, 0.2) is 84.3 Å². The third-order valence-corrected chi connectivity index (χ3v) is 4.98. The molecule has 2 aromatic carbocycles. The highest BCUT2D eigenvalue weighted by Crippen LogP contribution is 2.30. The molecule has 160 valence electrons.